The molecule has 1 N–H and O–H groups in total. The molecule has 0 spiro atoms. The molecule has 6 heteroatoms. The van der Waals surface area contributed by atoms with Crippen molar-refractivity contribution < 1.29 is 23.2 Å². The fourth-order valence-corrected chi connectivity index (χ4v) is 4.98. The predicted octanol–water partition coefficient (Wildman–Crippen LogP) is 3.24. The van der Waals surface area contributed by atoms with Crippen LogP contribution in [0, 0.1) is 0 Å². The minimum absolute atomic E-state index is 0.198. The Morgan fingerprint density at radius 3 is 2.05 bits per heavy atom. The SMILES string of the molecule is C=C(CCCC(CCCC)[Si](OC)(OC)OC)C(=O)O. The van der Waals surface area contributed by atoms with Crippen molar-refractivity contribution in [1.29, 1.82) is 0 Å². The Morgan fingerprint density at radius 2 is 1.65 bits per heavy atom. The van der Waals surface area contributed by atoms with E-state index in [1.54, 1.807) is 21.3 Å². The van der Waals surface area contributed by atoms with Gasteiger partial charge in [-0.3, -0.25) is 0 Å². The van der Waals surface area contributed by atoms with Gasteiger partial charge in [0.05, 0.1) is 0 Å². The second kappa shape index (κ2) is 10.1. The molecular weight excluding hydrogens is 276 g/mol. The van der Waals surface area contributed by atoms with Gasteiger partial charge < -0.3 is 18.4 Å². The second-order valence-corrected chi connectivity index (χ2v) is 8.10. The van der Waals surface area contributed by atoms with Crippen molar-refractivity contribution in [2.75, 3.05) is 21.3 Å². The third kappa shape index (κ3) is 5.74. The summed E-state index contributed by atoms with van der Waals surface area (Å²) < 4.78 is 16.7. The van der Waals surface area contributed by atoms with E-state index in [0.717, 1.165) is 32.1 Å². The molecule has 0 amide bonds. The van der Waals surface area contributed by atoms with Gasteiger partial charge in [-0.15, -0.1) is 0 Å². The summed E-state index contributed by atoms with van der Waals surface area (Å²) in [7, 11) is 2.20. The highest BCUT2D eigenvalue weighted by molar-refractivity contribution is 6.62. The molecule has 0 rings (SSSR count). The molecule has 0 radical (unpaired) electrons. The van der Waals surface area contributed by atoms with Crippen LogP contribution in [-0.4, -0.2) is 41.2 Å². The van der Waals surface area contributed by atoms with Crippen LogP contribution in [0.25, 0.3) is 0 Å². The summed E-state index contributed by atoms with van der Waals surface area (Å²) in [5, 5.41) is 8.82. The van der Waals surface area contributed by atoms with Gasteiger partial charge in [0.2, 0.25) is 0 Å². The summed E-state index contributed by atoms with van der Waals surface area (Å²) in [6, 6.07) is 0. The molecule has 0 heterocycles. The lowest BCUT2D eigenvalue weighted by molar-refractivity contribution is -0.132. The maximum absolute atomic E-state index is 10.7. The van der Waals surface area contributed by atoms with Crippen molar-refractivity contribution in [1.82, 2.24) is 0 Å². The van der Waals surface area contributed by atoms with Crippen LogP contribution in [0.1, 0.15) is 45.4 Å². The maximum Gasteiger partial charge on any atom is 0.503 e. The smallest absolute Gasteiger partial charge is 0.478 e. The van der Waals surface area contributed by atoms with Crippen LogP contribution < -0.4 is 0 Å². The van der Waals surface area contributed by atoms with Crippen molar-refractivity contribution >= 4 is 14.8 Å². The summed E-state index contributed by atoms with van der Waals surface area (Å²) in [4.78, 5) is 10.7. The molecule has 0 aromatic rings. The van der Waals surface area contributed by atoms with Gasteiger partial charge >= 0.3 is 14.8 Å². The van der Waals surface area contributed by atoms with Gasteiger partial charge in [-0.25, -0.2) is 4.79 Å². The molecule has 0 aromatic carbocycles. The number of hydrogen-bond acceptors (Lipinski definition) is 4. The molecule has 0 aliphatic carbocycles. The molecule has 0 aliphatic heterocycles. The van der Waals surface area contributed by atoms with Crippen molar-refractivity contribution in [3.8, 4) is 0 Å². The largest absolute Gasteiger partial charge is 0.503 e. The molecular formula is C14H28O5Si. The second-order valence-electron chi connectivity index (χ2n) is 4.86. The summed E-state index contributed by atoms with van der Waals surface area (Å²) in [6.07, 6.45) is 5.21. The summed E-state index contributed by atoms with van der Waals surface area (Å²) in [5.74, 6) is -0.927. The van der Waals surface area contributed by atoms with Gasteiger partial charge in [0, 0.05) is 32.4 Å². The van der Waals surface area contributed by atoms with Gasteiger partial charge in [-0.05, 0) is 25.7 Å². The Kier molecular flexibility index (Phi) is 9.74. The highest BCUT2D eigenvalue weighted by Crippen LogP contribution is 2.34. The molecule has 20 heavy (non-hydrogen) atoms. The average molecular weight is 304 g/mol. The first-order valence-corrected chi connectivity index (χ1v) is 8.84. The van der Waals surface area contributed by atoms with Crippen molar-refractivity contribution in [2.24, 2.45) is 0 Å². The molecule has 0 saturated carbocycles. The molecule has 0 aliphatic rings. The first-order chi connectivity index (χ1) is 9.47. The van der Waals surface area contributed by atoms with E-state index in [9.17, 15) is 4.79 Å². The molecule has 0 saturated heterocycles. The van der Waals surface area contributed by atoms with Crippen molar-refractivity contribution in [2.45, 2.75) is 51.0 Å². The predicted molar refractivity (Wildman–Crippen MR) is 80.7 cm³/mol. The number of carbonyl (C=O) groups is 1. The third-order valence-corrected chi connectivity index (χ3v) is 6.88. The van der Waals surface area contributed by atoms with Crippen LogP contribution in [0.3, 0.4) is 0 Å². The molecule has 0 fully saturated rings. The first-order valence-electron chi connectivity index (χ1n) is 7.03. The monoisotopic (exact) mass is 304 g/mol. The van der Waals surface area contributed by atoms with Crippen LogP contribution >= 0.6 is 0 Å². The molecule has 1 unspecified atom stereocenters. The summed E-state index contributed by atoms with van der Waals surface area (Å²) >= 11 is 0. The highest BCUT2D eigenvalue weighted by Gasteiger charge is 2.46. The van der Waals surface area contributed by atoms with Crippen LogP contribution in [0.2, 0.25) is 5.54 Å². The molecule has 118 valence electrons. The average Bonchev–Trinajstić information content (AvgIpc) is 2.45. The van der Waals surface area contributed by atoms with E-state index in [-0.39, 0.29) is 11.1 Å². The zero-order valence-electron chi connectivity index (χ0n) is 13.1. The number of carboxylic acids is 1. The number of carboxylic acid groups (broad SMARTS) is 1. The molecule has 5 nitrogen and oxygen atoms in total. The zero-order valence-corrected chi connectivity index (χ0v) is 14.1. The number of hydrogen-bond donors (Lipinski definition) is 1. The Morgan fingerprint density at radius 1 is 1.15 bits per heavy atom. The summed E-state index contributed by atoms with van der Waals surface area (Å²) in [6.45, 7) is 5.69. The van der Waals surface area contributed by atoms with E-state index < -0.39 is 14.8 Å². The minimum atomic E-state index is -2.66. The van der Waals surface area contributed by atoms with Crippen LogP contribution in [0.5, 0.6) is 0 Å². The fraction of sp³-hybridized carbons (Fsp3) is 0.786. The van der Waals surface area contributed by atoms with Crippen LogP contribution in [0.15, 0.2) is 12.2 Å². The highest BCUT2D eigenvalue weighted by atomic mass is 28.4. The van der Waals surface area contributed by atoms with Gasteiger partial charge in [0.15, 0.2) is 0 Å². The number of aliphatic carboxylic acids is 1. The lowest BCUT2D eigenvalue weighted by Crippen LogP contribution is -2.47. The standard InChI is InChI=1S/C14H28O5Si/c1-6-7-10-13(20(17-3,18-4)19-5)11-8-9-12(2)14(15)16/h13H,2,6-11H2,1,3-5H3,(H,15,16). The van der Waals surface area contributed by atoms with Gasteiger partial charge in [-0.2, -0.15) is 0 Å². The summed E-state index contributed by atoms with van der Waals surface area (Å²) in [5.41, 5.74) is 0.447. The first kappa shape index (κ1) is 19.3. The van der Waals surface area contributed by atoms with Gasteiger partial charge in [0.1, 0.15) is 0 Å². The van der Waals surface area contributed by atoms with E-state index in [4.69, 9.17) is 18.4 Å². The van der Waals surface area contributed by atoms with E-state index in [0.29, 0.717) is 6.42 Å². The van der Waals surface area contributed by atoms with E-state index in [1.807, 2.05) is 0 Å². The van der Waals surface area contributed by atoms with Gasteiger partial charge in [-0.1, -0.05) is 26.3 Å². The Hall–Kier alpha value is -0.693. The zero-order chi connectivity index (χ0) is 15.6. The Bertz CT molecular complexity index is 294. The Labute approximate surface area is 123 Å². The fourth-order valence-electron chi connectivity index (χ4n) is 2.37. The lowest BCUT2D eigenvalue weighted by atomic mass is 10.1. The molecule has 0 aromatic heterocycles. The van der Waals surface area contributed by atoms with E-state index in [2.05, 4.69) is 13.5 Å². The minimum Gasteiger partial charge on any atom is -0.478 e. The van der Waals surface area contributed by atoms with Gasteiger partial charge in [0.25, 0.3) is 0 Å². The van der Waals surface area contributed by atoms with E-state index >= 15 is 0 Å². The normalized spacial score (nSPS) is 13.2. The molecule has 0 bridgehead atoms. The number of unbranched alkanes of at least 4 members (excludes halogenated alkanes) is 1. The van der Waals surface area contributed by atoms with Crippen LogP contribution in [-0.2, 0) is 18.1 Å². The number of rotatable bonds is 12. The van der Waals surface area contributed by atoms with Crippen molar-refractivity contribution in [3.05, 3.63) is 12.2 Å². The third-order valence-electron chi connectivity index (χ3n) is 3.59. The Balaban J connectivity index is 4.62. The van der Waals surface area contributed by atoms with E-state index in [1.165, 1.54) is 0 Å². The maximum atomic E-state index is 10.7. The molecule has 1 atom stereocenters. The topological polar surface area (TPSA) is 65.0 Å². The van der Waals surface area contributed by atoms with Crippen molar-refractivity contribution in [3.63, 3.8) is 0 Å². The lowest BCUT2D eigenvalue weighted by Gasteiger charge is -2.32. The van der Waals surface area contributed by atoms with Crippen LogP contribution in [0.4, 0.5) is 0 Å². The quantitative estimate of drug-likeness (QED) is 0.443.